The van der Waals surface area contributed by atoms with Crippen molar-refractivity contribution in [3.8, 4) is 5.75 Å². The average Bonchev–Trinajstić information content (AvgIpc) is 2.79. The summed E-state index contributed by atoms with van der Waals surface area (Å²) in [5, 5.41) is 2.62. The highest BCUT2D eigenvalue weighted by Crippen LogP contribution is 2.24. The summed E-state index contributed by atoms with van der Waals surface area (Å²) >= 11 is 8.49. The number of carbonyl (C=O) groups is 2. The van der Waals surface area contributed by atoms with E-state index in [4.69, 9.17) is 17.0 Å². The summed E-state index contributed by atoms with van der Waals surface area (Å²) < 4.78 is 6.30. The SMILES string of the molecule is O=C(COc1ccc(Br)cc1)NNC(=S)NC(=O)C(c1ccccc1)c1ccccc1. The van der Waals surface area contributed by atoms with Crippen LogP contribution >= 0.6 is 28.1 Å². The third kappa shape index (κ3) is 6.91. The maximum Gasteiger partial charge on any atom is 0.276 e. The molecule has 0 saturated heterocycles. The lowest BCUT2D eigenvalue weighted by molar-refractivity contribution is -0.124. The summed E-state index contributed by atoms with van der Waals surface area (Å²) in [4.78, 5) is 24.9. The van der Waals surface area contributed by atoms with Gasteiger partial charge in [0.2, 0.25) is 5.91 Å². The summed E-state index contributed by atoms with van der Waals surface area (Å²) in [7, 11) is 0. The molecule has 0 aliphatic heterocycles. The van der Waals surface area contributed by atoms with Crippen LogP contribution in [0.2, 0.25) is 0 Å². The molecule has 0 spiro atoms. The zero-order valence-electron chi connectivity index (χ0n) is 16.4. The van der Waals surface area contributed by atoms with Crippen molar-refractivity contribution < 1.29 is 14.3 Å². The predicted molar refractivity (Wildman–Crippen MR) is 126 cm³/mol. The summed E-state index contributed by atoms with van der Waals surface area (Å²) in [5.41, 5.74) is 6.61. The van der Waals surface area contributed by atoms with Gasteiger partial charge in [-0.25, -0.2) is 0 Å². The van der Waals surface area contributed by atoms with E-state index in [2.05, 4.69) is 32.1 Å². The second kappa shape index (κ2) is 11.2. The number of benzene rings is 3. The molecule has 8 heteroatoms. The predicted octanol–water partition coefficient (Wildman–Crippen LogP) is 3.68. The zero-order chi connectivity index (χ0) is 22.1. The number of hydrazine groups is 1. The molecule has 0 heterocycles. The van der Waals surface area contributed by atoms with Gasteiger partial charge in [0, 0.05) is 4.47 Å². The van der Waals surface area contributed by atoms with Gasteiger partial charge in [-0.3, -0.25) is 20.4 Å². The van der Waals surface area contributed by atoms with Gasteiger partial charge in [0.25, 0.3) is 5.91 Å². The minimum absolute atomic E-state index is 0.0150. The first-order chi connectivity index (χ1) is 15.0. The summed E-state index contributed by atoms with van der Waals surface area (Å²) in [6, 6.07) is 25.9. The van der Waals surface area contributed by atoms with Crippen LogP contribution in [-0.2, 0) is 9.59 Å². The van der Waals surface area contributed by atoms with Crippen molar-refractivity contribution in [3.05, 3.63) is 101 Å². The molecule has 0 saturated carbocycles. The second-order valence-corrected chi connectivity index (χ2v) is 7.81. The molecule has 0 aliphatic carbocycles. The molecule has 0 aliphatic rings. The number of amides is 2. The monoisotopic (exact) mass is 497 g/mol. The molecule has 0 fully saturated rings. The molecule has 3 rings (SSSR count). The number of rotatable bonds is 6. The number of hydrogen-bond donors (Lipinski definition) is 3. The van der Waals surface area contributed by atoms with E-state index < -0.39 is 11.8 Å². The molecule has 3 aromatic carbocycles. The molecule has 0 bridgehead atoms. The van der Waals surface area contributed by atoms with Crippen LogP contribution in [0.3, 0.4) is 0 Å². The standard InChI is InChI=1S/C23H20BrN3O3S/c24-18-11-13-19(14-12-18)30-15-20(28)26-27-23(31)25-22(29)21(16-7-3-1-4-8-16)17-9-5-2-6-10-17/h1-14,21H,15H2,(H,26,28)(H2,25,27,29,31). The smallest absolute Gasteiger partial charge is 0.276 e. The molecule has 31 heavy (non-hydrogen) atoms. The number of carbonyl (C=O) groups excluding carboxylic acids is 2. The first kappa shape index (κ1) is 22.5. The lowest BCUT2D eigenvalue weighted by atomic mass is 9.90. The van der Waals surface area contributed by atoms with E-state index in [9.17, 15) is 9.59 Å². The molecule has 0 unspecified atom stereocenters. The van der Waals surface area contributed by atoms with E-state index in [1.807, 2.05) is 72.8 Å². The lowest BCUT2D eigenvalue weighted by Gasteiger charge is -2.19. The Morgan fingerprint density at radius 1 is 0.839 bits per heavy atom. The van der Waals surface area contributed by atoms with Crippen LogP contribution < -0.4 is 20.9 Å². The number of thiocarbonyl (C=S) groups is 1. The van der Waals surface area contributed by atoms with E-state index >= 15 is 0 Å². The zero-order valence-corrected chi connectivity index (χ0v) is 18.8. The highest BCUT2D eigenvalue weighted by molar-refractivity contribution is 9.10. The van der Waals surface area contributed by atoms with Crippen LogP contribution in [0.5, 0.6) is 5.75 Å². The summed E-state index contributed by atoms with van der Waals surface area (Å²) in [6.45, 7) is -0.207. The fourth-order valence-corrected chi connectivity index (χ4v) is 3.26. The first-order valence-corrected chi connectivity index (χ1v) is 10.6. The van der Waals surface area contributed by atoms with Crippen molar-refractivity contribution in [1.29, 1.82) is 0 Å². The topological polar surface area (TPSA) is 79.5 Å². The molecular formula is C23H20BrN3O3S. The van der Waals surface area contributed by atoms with Gasteiger partial charge in [-0.1, -0.05) is 76.6 Å². The minimum atomic E-state index is -0.543. The van der Waals surface area contributed by atoms with Crippen LogP contribution in [0.1, 0.15) is 17.0 Å². The van der Waals surface area contributed by atoms with Crippen LogP contribution in [0.15, 0.2) is 89.4 Å². The van der Waals surface area contributed by atoms with Crippen LogP contribution in [0, 0.1) is 0 Å². The fourth-order valence-electron chi connectivity index (χ4n) is 2.84. The van der Waals surface area contributed by atoms with Crippen LogP contribution in [0.25, 0.3) is 0 Å². The van der Waals surface area contributed by atoms with Crippen molar-refractivity contribution in [2.75, 3.05) is 6.61 Å². The van der Waals surface area contributed by atoms with E-state index in [-0.39, 0.29) is 17.6 Å². The highest BCUT2D eigenvalue weighted by Gasteiger charge is 2.23. The van der Waals surface area contributed by atoms with Gasteiger partial charge in [0.15, 0.2) is 11.7 Å². The van der Waals surface area contributed by atoms with E-state index in [0.717, 1.165) is 15.6 Å². The number of ether oxygens (including phenoxy) is 1. The molecule has 2 amide bonds. The summed E-state index contributed by atoms with van der Waals surface area (Å²) in [5.74, 6) is -0.737. The number of hydrogen-bond acceptors (Lipinski definition) is 4. The third-order valence-electron chi connectivity index (χ3n) is 4.26. The number of halogens is 1. The maximum absolute atomic E-state index is 13.0. The van der Waals surface area contributed by atoms with E-state index in [0.29, 0.717) is 5.75 Å². The fraction of sp³-hybridized carbons (Fsp3) is 0.0870. The molecule has 3 N–H and O–H groups in total. The Hall–Kier alpha value is -3.23. The molecule has 0 atom stereocenters. The Balaban J connectivity index is 1.54. The molecule has 3 aromatic rings. The van der Waals surface area contributed by atoms with Crippen molar-refractivity contribution in [3.63, 3.8) is 0 Å². The first-order valence-electron chi connectivity index (χ1n) is 9.41. The van der Waals surface area contributed by atoms with Crippen molar-refractivity contribution >= 4 is 45.1 Å². The van der Waals surface area contributed by atoms with Crippen molar-refractivity contribution in [2.24, 2.45) is 0 Å². The second-order valence-electron chi connectivity index (χ2n) is 6.49. The van der Waals surface area contributed by atoms with Crippen LogP contribution in [-0.4, -0.2) is 23.5 Å². The molecular weight excluding hydrogens is 478 g/mol. The van der Waals surface area contributed by atoms with Gasteiger partial charge in [-0.2, -0.15) is 0 Å². The lowest BCUT2D eigenvalue weighted by Crippen LogP contribution is -2.50. The van der Waals surface area contributed by atoms with Gasteiger partial charge in [0.05, 0.1) is 5.92 Å². The molecule has 0 radical (unpaired) electrons. The van der Waals surface area contributed by atoms with Crippen LogP contribution in [0.4, 0.5) is 0 Å². The highest BCUT2D eigenvalue weighted by atomic mass is 79.9. The van der Waals surface area contributed by atoms with Gasteiger partial charge < -0.3 is 10.1 Å². The Bertz CT molecular complexity index is 991. The third-order valence-corrected chi connectivity index (χ3v) is 5.00. The normalized spacial score (nSPS) is 10.3. The average molecular weight is 498 g/mol. The Labute approximate surface area is 194 Å². The van der Waals surface area contributed by atoms with E-state index in [1.54, 1.807) is 12.1 Å². The molecule has 158 valence electrons. The quantitative estimate of drug-likeness (QED) is 0.357. The Kier molecular flexibility index (Phi) is 8.14. The van der Waals surface area contributed by atoms with Crippen molar-refractivity contribution in [1.82, 2.24) is 16.2 Å². The minimum Gasteiger partial charge on any atom is -0.484 e. The molecule has 6 nitrogen and oxygen atoms in total. The number of nitrogens with one attached hydrogen (secondary N) is 3. The van der Waals surface area contributed by atoms with Gasteiger partial charge >= 0.3 is 0 Å². The molecule has 0 aromatic heterocycles. The van der Waals surface area contributed by atoms with Crippen molar-refractivity contribution in [2.45, 2.75) is 5.92 Å². The Morgan fingerprint density at radius 3 is 1.94 bits per heavy atom. The van der Waals surface area contributed by atoms with Gasteiger partial charge in [-0.15, -0.1) is 0 Å². The van der Waals surface area contributed by atoms with Gasteiger partial charge in [0.1, 0.15) is 5.75 Å². The summed E-state index contributed by atoms with van der Waals surface area (Å²) in [6.07, 6.45) is 0. The van der Waals surface area contributed by atoms with Gasteiger partial charge in [-0.05, 0) is 47.6 Å². The maximum atomic E-state index is 13.0. The van der Waals surface area contributed by atoms with E-state index in [1.165, 1.54) is 0 Å². The largest absolute Gasteiger partial charge is 0.484 e. The Morgan fingerprint density at radius 2 is 1.39 bits per heavy atom.